The van der Waals surface area contributed by atoms with Gasteiger partial charge in [0.1, 0.15) is 24.0 Å². The molecule has 10 heteroatoms. The van der Waals surface area contributed by atoms with E-state index >= 15 is 0 Å². The number of benzene rings is 1. The topological polar surface area (TPSA) is 77.9 Å². The van der Waals surface area contributed by atoms with E-state index in [-0.39, 0.29) is 11.9 Å². The summed E-state index contributed by atoms with van der Waals surface area (Å²) in [5.74, 6) is -0.228. The quantitative estimate of drug-likeness (QED) is 0.556. The third-order valence-electron chi connectivity index (χ3n) is 7.02. The molecule has 0 radical (unpaired) electrons. The van der Waals surface area contributed by atoms with E-state index in [2.05, 4.69) is 15.2 Å². The van der Waals surface area contributed by atoms with Crippen LogP contribution in [0.15, 0.2) is 60.9 Å². The fourth-order valence-electron chi connectivity index (χ4n) is 5.07. The van der Waals surface area contributed by atoms with Gasteiger partial charge in [-0.3, -0.25) is 9.69 Å². The van der Waals surface area contributed by atoms with Crippen LogP contribution < -0.4 is 5.32 Å². The first-order valence-electron chi connectivity index (χ1n) is 12.1. The van der Waals surface area contributed by atoms with Crippen molar-refractivity contribution in [2.45, 2.75) is 37.3 Å². The maximum Gasteiger partial charge on any atom is 0.215 e. The average Bonchev–Trinajstić information content (AvgIpc) is 3.54. The molecule has 2 aliphatic heterocycles. The molecule has 2 aromatic rings. The number of aromatic nitrogens is 2. The Labute approximate surface area is 220 Å². The van der Waals surface area contributed by atoms with Gasteiger partial charge in [-0.25, -0.2) is 4.98 Å². The standard InChI is InChI=1S/C26H30Cl2N4O4/c1-19(33)25(32-12-9-29-10-13-32)6-4-21(5-7-25)34-15-22-16-35-26(36-22,17-31-11-8-30-18-31)23-3-2-20(27)14-24(23)28/h2-6,8,11,14,18,22,29H,7,9-10,12-13,15-17H2,1H3/t22-,25?,26-/m1/s1. The normalized spacial score (nSPS) is 28.8. The fraction of sp³-hybridized carbons (Fsp3) is 0.462. The van der Waals surface area contributed by atoms with E-state index in [9.17, 15) is 4.79 Å². The van der Waals surface area contributed by atoms with Crippen molar-refractivity contribution >= 4 is 29.0 Å². The van der Waals surface area contributed by atoms with Crippen LogP contribution >= 0.6 is 23.2 Å². The number of allylic oxidation sites excluding steroid dienone is 1. The molecule has 3 aliphatic rings. The van der Waals surface area contributed by atoms with Crippen LogP contribution in [0, 0.1) is 0 Å². The van der Waals surface area contributed by atoms with Gasteiger partial charge in [-0.1, -0.05) is 35.3 Å². The van der Waals surface area contributed by atoms with Crippen LogP contribution in [0.4, 0.5) is 0 Å². The number of nitrogens with one attached hydrogen (secondary N) is 1. The highest BCUT2D eigenvalue weighted by Crippen LogP contribution is 2.41. The summed E-state index contributed by atoms with van der Waals surface area (Å²) in [6.07, 6.45) is 11.4. The molecular formula is C26H30Cl2N4O4. The van der Waals surface area contributed by atoms with E-state index in [0.29, 0.717) is 41.8 Å². The van der Waals surface area contributed by atoms with Crippen molar-refractivity contribution in [1.29, 1.82) is 0 Å². The number of rotatable bonds is 8. The van der Waals surface area contributed by atoms with Crippen molar-refractivity contribution in [2.75, 3.05) is 39.4 Å². The maximum atomic E-state index is 12.6. The minimum absolute atomic E-state index is 0.146. The first kappa shape index (κ1) is 25.4. The Bertz CT molecular complexity index is 1150. The highest BCUT2D eigenvalue weighted by atomic mass is 35.5. The number of hydrogen-bond acceptors (Lipinski definition) is 7. The molecule has 3 heterocycles. The van der Waals surface area contributed by atoms with Crippen molar-refractivity contribution in [2.24, 2.45) is 0 Å². The Hall–Kier alpha value is -2.20. The number of ketones is 1. The number of carbonyl (C=O) groups is 1. The summed E-state index contributed by atoms with van der Waals surface area (Å²) < 4.78 is 20.7. The Balaban J connectivity index is 1.26. The molecule has 36 heavy (non-hydrogen) atoms. The average molecular weight is 533 g/mol. The Morgan fingerprint density at radius 2 is 2.14 bits per heavy atom. The van der Waals surface area contributed by atoms with Gasteiger partial charge in [-0.2, -0.15) is 0 Å². The lowest BCUT2D eigenvalue weighted by molar-refractivity contribution is -0.190. The molecule has 0 saturated carbocycles. The fourth-order valence-corrected chi connectivity index (χ4v) is 5.62. The summed E-state index contributed by atoms with van der Waals surface area (Å²) >= 11 is 12.7. The molecule has 1 N–H and O–H groups in total. The van der Waals surface area contributed by atoms with Gasteiger partial charge >= 0.3 is 0 Å². The van der Waals surface area contributed by atoms with Crippen molar-refractivity contribution in [3.05, 3.63) is 76.5 Å². The predicted octanol–water partition coefficient (Wildman–Crippen LogP) is 3.55. The van der Waals surface area contributed by atoms with Crippen LogP contribution in [0.3, 0.4) is 0 Å². The molecule has 1 unspecified atom stereocenters. The zero-order valence-electron chi connectivity index (χ0n) is 20.2. The van der Waals surface area contributed by atoms with Gasteiger partial charge in [-0.05, 0) is 37.6 Å². The summed E-state index contributed by atoms with van der Waals surface area (Å²) in [6, 6.07) is 5.28. The van der Waals surface area contributed by atoms with Crippen molar-refractivity contribution in [1.82, 2.24) is 19.8 Å². The molecule has 0 amide bonds. The molecule has 2 saturated heterocycles. The van der Waals surface area contributed by atoms with E-state index in [0.717, 1.165) is 31.9 Å². The van der Waals surface area contributed by atoms with E-state index in [4.69, 9.17) is 37.4 Å². The summed E-state index contributed by atoms with van der Waals surface area (Å²) in [5, 5.41) is 4.35. The molecule has 0 spiro atoms. The van der Waals surface area contributed by atoms with E-state index < -0.39 is 11.3 Å². The monoisotopic (exact) mass is 532 g/mol. The van der Waals surface area contributed by atoms with Gasteiger partial charge in [0, 0.05) is 49.2 Å². The van der Waals surface area contributed by atoms with E-state index in [1.807, 2.05) is 35.1 Å². The van der Waals surface area contributed by atoms with Gasteiger partial charge < -0.3 is 24.1 Å². The number of ether oxygens (including phenoxy) is 3. The Morgan fingerprint density at radius 3 is 2.81 bits per heavy atom. The smallest absolute Gasteiger partial charge is 0.215 e. The number of halogens is 2. The zero-order valence-corrected chi connectivity index (χ0v) is 21.7. The first-order chi connectivity index (χ1) is 17.4. The molecule has 1 aromatic carbocycles. The van der Waals surface area contributed by atoms with Gasteiger partial charge in [0.2, 0.25) is 5.79 Å². The molecule has 8 nitrogen and oxygen atoms in total. The van der Waals surface area contributed by atoms with Crippen LogP contribution in [-0.4, -0.2) is 71.3 Å². The number of imidazole rings is 1. The van der Waals surface area contributed by atoms with Crippen LogP contribution in [0.2, 0.25) is 10.0 Å². The van der Waals surface area contributed by atoms with Crippen LogP contribution in [-0.2, 0) is 31.3 Å². The molecule has 1 aromatic heterocycles. The highest BCUT2D eigenvalue weighted by molar-refractivity contribution is 6.35. The van der Waals surface area contributed by atoms with Crippen molar-refractivity contribution < 1.29 is 19.0 Å². The molecule has 0 bridgehead atoms. The maximum absolute atomic E-state index is 12.6. The second kappa shape index (κ2) is 10.7. The molecule has 2 fully saturated rings. The summed E-state index contributed by atoms with van der Waals surface area (Å²) in [7, 11) is 0. The van der Waals surface area contributed by atoms with Gasteiger partial charge in [-0.15, -0.1) is 0 Å². The second-order valence-corrected chi connectivity index (χ2v) is 10.2. The lowest BCUT2D eigenvalue weighted by Gasteiger charge is -2.43. The largest absolute Gasteiger partial charge is 0.491 e. The van der Waals surface area contributed by atoms with Gasteiger partial charge in [0.15, 0.2) is 5.78 Å². The summed E-state index contributed by atoms with van der Waals surface area (Å²) in [5.41, 5.74) is 0.0940. The van der Waals surface area contributed by atoms with Crippen molar-refractivity contribution in [3.63, 3.8) is 0 Å². The highest BCUT2D eigenvalue weighted by Gasteiger charge is 2.45. The first-order valence-corrected chi connectivity index (χ1v) is 12.9. The van der Waals surface area contributed by atoms with E-state index in [1.54, 1.807) is 31.6 Å². The third-order valence-corrected chi connectivity index (χ3v) is 7.56. The Kier molecular flexibility index (Phi) is 7.53. The molecule has 1 aliphatic carbocycles. The lowest BCUT2D eigenvalue weighted by Crippen LogP contribution is -2.59. The van der Waals surface area contributed by atoms with Crippen LogP contribution in [0.1, 0.15) is 18.9 Å². The van der Waals surface area contributed by atoms with Crippen molar-refractivity contribution in [3.8, 4) is 0 Å². The number of piperazine rings is 1. The number of hydrogen-bond donors (Lipinski definition) is 1. The number of nitrogens with zero attached hydrogens (tertiary/aromatic N) is 3. The predicted molar refractivity (Wildman–Crippen MR) is 137 cm³/mol. The second-order valence-electron chi connectivity index (χ2n) is 9.34. The van der Waals surface area contributed by atoms with Gasteiger partial charge in [0.25, 0.3) is 0 Å². The van der Waals surface area contributed by atoms with Crippen LogP contribution in [0.5, 0.6) is 0 Å². The summed E-state index contributed by atoms with van der Waals surface area (Å²) in [6.45, 7) is 6.12. The molecule has 192 valence electrons. The minimum Gasteiger partial charge on any atom is -0.491 e. The van der Waals surface area contributed by atoms with E-state index in [1.165, 1.54) is 0 Å². The zero-order chi connectivity index (χ0) is 25.2. The number of Topliss-reactive ketones (excluding diaryl/α,β-unsaturated/α-hetero) is 1. The lowest BCUT2D eigenvalue weighted by atomic mass is 9.84. The minimum atomic E-state index is -1.10. The molecule has 5 rings (SSSR count). The SMILES string of the molecule is CC(=O)C1(N2CCNCC2)C=CC(OC[C@@H]2CO[C@@](Cn3ccnc3)(c3ccc(Cl)cc3Cl)O2)=CC1. The number of carbonyl (C=O) groups excluding carboxylic acids is 1. The third kappa shape index (κ3) is 5.11. The molecule has 3 atom stereocenters. The Morgan fingerprint density at radius 1 is 1.31 bits per heavy atom. The molecular weight excluding hydrogens is 503 g/mol. The van der Waals surface area contributed by atoms with Gasteiger partial charge in [0.05, 0.1) is 24.5 Å². The summed E-state index contributed by atoms with van der Waals surface area (Å²) in [4.78, 5) is 19.0. The van der Waals surface area contributed by atoms with Crippen LogP contribution in [0.25, 0.3) is 0 Å².